The van der Waals surface area contributed by atoms with Crippen LogP contribution in [0.3, 0.4) is 0 Å². The topological polar surface area (TPSA) is 98.1 Å². The molecule has 0 aliphatic carbocycles. The number of carbonyl (C=O) groups is 1. The van der Waals surface area contributed by atoms with Crippen molar-refractivity contribution in [3.8, 4) is 11.5 Å². The molecule has 7 nitrogen and oxygen atoms in total. The first kappa shape index (κ1) is 12.6. The molecule has 1 saturated heterocycles. The largest absolute Gasteiger partial charge is 0.503 e. The monoisotopic (exact) mass is 255 g/mol. The summed E-state index contributed by atoms with van der Waals surface area (Å²) in [6.07, 6.45) is 0.899. The van der Waals surface area contributed by atoms with Crippen LogP contribution in [0.15, 0.2) is 6.20 Å². The molecule has 1 aromatic rings. The Hall–Kier alpha value is -1.86. The molecule has 1 aliphatic rings. The van der Waals surface area contributed by atoms with Crippen molar-refractivity contribution in [2.75, 3.05) is 26.9 Å². The number of methoxy groups -OCH3 is 1. The minimum Gasteiger partial charge on any atom is -0.503 e. The van der Waals surface area contributed by atoms with Gasteiger partial charge in [0.15, 0.2) is 17.2 Å². The maximum Gasteiger partial charge on any atom is 0.358 e. The van der Waals surface area contributed by atoms with Crippen molar-refractivity contribution in [1.29, 1.82) is 0 Å². The van der Waals surface area contributed by atoms with Crippen LogP contribution in [0.2, 0.25) is 0 Å². The fourth-order valence-corrected chi connectivity index (χ4v) is 1.77. The van der Waals surface area contributed by atoms with Gasteiger partial charge in [0.05, 0.1) is 26.9 Å². The molecule has 1 atom stereocenters. The van der Waals surface area contributed by atoms with Gasteiger partial charge in [0, 0.05) is 11.8 Å². The van der Waals surface area contributed by atoms with Crippen LogP contribution in [-0.2, 0) is 9.47 Å². The molecule has 2 N–H and O–H groups in total. The van der Waals surface area contributed by atoms with Gasteiger partial charge in [-0.1, -0.05) is 0 Å². The number of nitrogens with zero attached hydrogens (tertiary/aromatic N) is 1. The predicted molar refractivity (Wildman–Crippen MR) is 58.9 cm³/mol. The standard InChI is InChI=1S/C11H13NO6/c1-16-10-6(7-5-17-2-3-18-7)4-12-8(9(10)13)11(14)15/h4,7,13H,2-3,5H2,1H3,(H,14,15). The Kier molecular flexibility index (Phi) is 3.63. The predicted octanol–water partition coefficient (Wildman–Crippen LogP) is 0.582. The molecule has 0 amide bonds. The fourth-order valence-electron chi connectivity index (χ4n) is 1.77. The molecule has 7 heteroatoms. The smallest absolute Gasteiger partial charge is 0.358 e. The van der Waals surface area contributed by atoms with Gasteiger partial charge >= 0.3 is 5.97 Å². The Bertz CT molecular complexity index is 455. The molecule has 0 aromatic carbocycles. The summed E-state index contributed by atoms with van der Waals surface area (Å²) >= 11 is 0. The van der Waals surface area contributed by atoms with Crippen molar-refractivity contribution in [2.24, 2.45) is 0 Å². The number of aromatic nitrogens is 1. The Labute approximate surface area is 103 Å². The lowest BCUT2D eigenvalue weighted by atomic mass is 10.1. The van der Waals surface area contributed by atoms with Crippen LogP contribution in [0.1, 0.15) is 22.2 Å². The second-order valence-corrected chi connectivity index (χ2v) is 3.68. The molecule has 0 saturated carbocycles. The summed E-state index contributed by atoms with van der Waals surface area (Å²) in [6, 6.07) is 0. The number of hydrogen-bond acceptors (Lipinski definition) is 6. The average molecular weight is 255 g/mol. The van der Waals surface area contributed by atoms with Crippen molar-refractivity contribution in [3.05, 3.63) is 17.5 Å². The van der Waals surface area contributed by atoms with E-state index in [-0.39, 0.29) is 5.75 Å². The molecule has 0 spiro atoms. The number of hydrogen-bond donors (Lipinski definition) is 2. The van der Waals surface area contributed by atoms with Gasteiger partial charge in [0.1, 0.15) is 6.10 Å². The van der Waals surface area contributed by atoms with E-state index < -0.39 is 23.5 Å². The van der Waals surface area contributed by atoms with Gasteiger partial charge in [-0.3, -0.25) is 0 Å². The van der Waals surface area contributed by atoms with Gasteiger partial charge in [0.2, 0.25) is 0 Å². The Balaban J connectivity index is 2.41. The molecule has 1 aromatic heterocycles. The third-order valence-electron chi connectivity index (χ3n) is 2.60. The molecule has 18 heavy (non-hydrogen) atoms. The summed E-state index contributed by atoms with van der Waals surface area (Å²) in [5, 5.41) is 18.7. The zero-order valence-electron chi connectivity index (χ0n) is 9.75. The summed E-state index contributed by atoms with van der Waals surface area (Å²) in [6.45, 7) is 1.24. The van der Waals surface area contributed by atoms with Gasteiger partial charge < -0.3 is 24.4 Å². The van der Waals surface area contributed by atoms with Crippen LogP contribution in [0, 0.1) is 0 Å². The third kappa shape index (κ3) is 2.22. The van der Waals surface area contributed by atoms with Gasteiger partial charge in [-0.05, 0) is 0 Å². The number of aromatic carboxylic acids is 1. The highest BCUT2D eigenvalue weighted by Crippen LogP contribution is 2.37. The Morgan fingerprint density at radius 3 is 2.89 bits per heavy atom. The first-order valence-electron chi connectivity index (χ1n) is 5.33. The number of pyridine rings is 1. The molecule has 1 aliphatic heterocycles. The number of carboxylic acid groups (broad SMARTS) is 1. The molecule has 1 unspecified atom stereocenters. The van der Waals surface area contributed by atoms with Crippen molar-refractivity contribution in [3.63, 3.8) is 0 Å². The Morgan fingerprint density at radius 1 is 1.56 bits per heavy atom. The van der Waals surface area contributed by atoms with Crippen LogP contribution >= 0.6 is 0 Å². The van der Waals surface area contributed by atoms with Crippen molar-refractivity contribution in [2.45, 2.75) is 6.10 Å². The minimum absolute atomic E-state index is 0.0536. The van der Waals surface area contributed by atoms with Crippen LogP contribution in [0.4, 0.5) is 0 Å². The number of ether oxygens (including phenoxy) is 3. The van der Waals surface area contributed by atoms with Gasteiger partial charge in [-0.2, -0.15) is 0 Å². The third-order valence-corrected chi connectivity index (χ3v) is 2.60. The molecular formula is C11H13NO6. The van der Waals surface area contributed by atoms with E-state index in [2.05, 4.69) is 4.98 Å². The van der Waals surface area contributed by atoms with Crippen LogP contribution in [0.5, 0.6) is 11.5 Å². The van der Waals surface area contributed by atoms with E-state index in [0.29, 0.717) is 25.4 Å². The molecule has 1 fully saturated rings. The molecular weight excluding hydrogens is 242 g/mol. The zero-order valence-corrected chi connectivity index (χ0v) is 9.75. The highest BCUT2D eigenvalue weighted by molar-refractivity contribution is 5.89. The van der Waals surface area contributed by atoms with Crippen molar-refractivity contribution < 1.29 is 29.2 Å². The highest BCUT2D eigenvalue weighted by atomic mass is 16.6. The van der Waals surface area contributed by atoms with Crippen LogP contribution in [-0.4, -0.2) is 48.1 Å². The number of rotatable bonds is 3. The van der Waals surface area contributed by atoms with Crippen molar-refractivity contribution in [1.82, 2.24) is 4.98 Å². The second-order valence-electron chi connectivity index (χ2n) is 3.68. The normalized spacial score (nSPS) is 19.5. The molecule has 0 radical (unpaired) electrons. The minimum atomic E-state index is -1.32. The molecule has 2 rings (SSSR count). The molecule has 2 heterocycles. The van der Waals surface area contributed by atoms with E-state index in [1.54, 1.807) is 0 Å². The van der Waals surface area contributed by atoms with E-state index >= 15 is 0 Å². The Morgan fingerprint density at radius 2 is 2.33 bits per heavy atom. The van der Waals surface area contributed by atoms with E-state index in [4.69, 9.17) is 19.3 Å². The SMILES string of the molecule is COc1c(C2COCCO2)cnc(C(=O)O)c1O. The first-order chi connectivity index (χ1) is 8.65. The summed E-state index contributed by atoms with van der Waals surface area (Å²) in [5.74, 6) is -1.77. The quantitative estimate of drug-likeness (QED) is 0.815. The second kappa shape index (κ2) is 5.19. The van der Waals surface area contributed by atoms with E-state index in [1.807, 2.05) is 0 Å². The zero-order chi connectivity index (χ0) is 13.1. The summed E-state index contributed by atoms with van der Waals surface area (Å²) in [4.78, 5) is 14.5. The van der Waals surface area contributed by atoms with Crippen LogP contribution in [0.25, 0.3) is 0 Å². The van der Waals surface area contributed by atoms with E-state index in [0.717, 1.165) is 0 Å². The summed E-state index contributed by atoms with van der Waals surface area (Å²) < 4.78 is 15.7. The van der Waals surface area contributed by atoms with Gasteiger partial charge in [0.25, 0.3) is 0 Å². The first-order valence-corrected chi connectivity index (χ1v) is 5.33. The highest BCUT2D eigenvalue weighted by Gasteiger charge is 2.26. The molecule has 0 bridgehead atoms. The number of carboxylic acids is 1. The average Bonchev–Trinajstić information content (AvgIpc) is 2.39. The lowest BCUT2D eigenvalue weighted by Gasteiger charge is -2.24. The lowest BCUT2D eigenvalue weighted by Crippen LogP contribution is -2.22. The summed E-state index contributed by atoms with van der Waals surface area (Å²) in [7, 11) is 1.34. The van der Waals surface area contributed by atoms with E-state index in [1.165, 1.54) is 13.3 Å². The summed E-state index contributed by atoms with van der Waals surface area (Å²) in [5.41, 5.74) is 0.0204. The van der Waals surface area contributed by atoms with Gasteiger partial charge in [-0.25, -0.2) is 9.78 Å². The fraction of sp³-hybridized carbons (Fsp3) is 0.455. The maximum absolute atomic E-state index is 10.8. The van der Waals surface area contributed by atoms with E-state index in [9.17, 15) is 9.90 Å². The van der Waals surface area contributed by atoms with Crippen molar-refractivity contribution >= 4 is 5.97 Å². The molecule has 98 valence electrons. The lowest BCUT2D eigenvalue weighted by molar-refractivity contribution is -0.0909. The van der Waals surface area contributed by atoms with Crippen LogP contribution < -0.4 is 4.74 Å². The maximum atomic E-state index is 10.8. The van der Waals surface area contributed by atoms with Gasteiger partial charge in [-0.15, -0.1) is 0 Å². The number of aromatic hydroxyl groups is 1.